The van der Waals surface area contributed by atoms with Crippen molar-refractivity contribution in [1.82, 2.24) is 0 Å². The number of benzene rings is 1. The van der Waals surface area contributed by atoms with Crippen LogP contribution in [0, 0.1) is 3.57 Å². The summed E-state index contributed by atoms with van der Waals surface area (Å²) in [4.78, 5) is 46.3. The molecule has 1 aromatic carbocycles. The van der Waals surface area contributed by atoms with E-state index in [-0.39, 0.29) is 9.13 Å². The van der Waals surface area contributed by atoms with Crippen molar-refractivity contribution in [2.24, 2.45) is 0 Å². The summed E-state index contributed by atoms with van der Waals surface area (Å²) < 4.78 is 20.1. The fourth-order valence-corrected chi connectivity index (χ4v) is 6.73. The molecular weight excluding hydrogens is 423 g/mol. The second kappa shape index (κ2) is 7.90. The third kappa shape index (κ3) is 4.91. The van der Waals surface area contributed by atoms with E-state index in [1.54, 1.807) is 0 Å². The van der Waals surface area contributed by atoms with Crippen LogP contribution in [0.5, 0.6) is 0 Å². The first kappa shape index (κ1) is 18.9. The molecule has 0 aliphatic heterocycles. The van der Waals surface area contributed by atoms with Crippen molar-refractivity contribution in [1.29, 1.82) is 0 Å². The van der Waals surface area contributed by atoms with E-state index in [4.69, 9.17) is 9.20 Å². The monoisotopic (exact) mass is 439 g/mol. The molecule has 0 unspecified atom stereocenters. The van der Waals surface area contributed by atoms with Crippen LogP contribution in [0.25, 0.3) is 0 Å². The summed E-state index contributed by atoms with van der Waals surface area (Å²) in [5.74, 6) is -3.20. The Kier molecular flexibility index (Phi) is 6.49. The molecule has 1 aromatic rings. The Morgan fingerprint density at radius 1 is 0.826 bits per heavy atom. The molecule has 0 radical (unpaired) electrons. The molecule has 0 bridgehead atoms. The zero-order valence-corrected chi connectivity index (χ0v) is 15.1. The van der Waals surface area contributed by atoms with Gasteiger partial charge in [0.2, 0.25) is 0 Å². The Hall–Kier alpha value is -2.17. The Bertz CT molecular complexity index is 599. The minimum absolute atomic E-state index is 0.0184. The van der Waals surface area contributed by atoms with Gasteiger partial charge in [-0.1, -0.05) is 0 Å². The molecular formula is C14H16IO8-. The first-order chi connectivity index (χ1) is 10.7. The number of halogens is 1. The van der Waals surface area contributed by atoms with E-state index in [0.29, 0.717) is 0 Å². The molecule has 0 saturated heterocycles. The van der Waals surface area contributed by atoms with Gasteiger partial charge in [-0.25, -0.2) is 0 Å². The quantitative estimate of drug-likeness (QED) is 0.393. The average molecular weight is 439 g/mol. The second-order valence-corrected chi connectivity index (χ2v) is 8.98. The van der Waals surface area contributed by atoms with Crippen molar-refractivity contribution in [2.75, 3.05) is 7.11 Å². The van der Waals surface area contributed by atoms with E-state index >= 15 is 0 Å². The molecule has 128 valence electrons. The van der Waals surface area contributed by atoms with Gasteiger partial charge in [0.1, 0.15) is 0 Å². The van der Waals surface area contributed by atoms with Crippen molar-refractivity contribution >= 4 is 23.9 Å². The summed E-state index contributed by atoms with van der Waals surface area (Å²) in [6.45, 7) is 3.23. The number of rotatable bonds is 5. The van der Waals surface area contributed by atoms with Crippen molar-refractivity contribution in [3.05, 3.63) is 33.4 Å². The molecule has 1 rings (SSSR count). The maximum atomic E-state index is 11.9. The van der Waals surface area contributed by atoms with Crippen molar-refractivity contribution in [3.63, 3.8) is 0 Å². The van der Waals surface area contributed by atoms with Crippen molar-refractivity contribution in [3.8, 4) is 0 Å². The molecule has 9 heteroatoms. The predicted molar refractivity (Wildman–Crippen MR) is 71.8 cm³/mol. The van der Waals surface area contributed by atoms with Crippen LogP contribution in [0.15, 0.2) is 24.3 Å². The summed E-state index contributed by atoms with van der Waals surface area (Å²) in [7, 11) is 1.16. The van der Waals surface area contributed by atoms with Gasteiger partial charge < -0.3 is 0 Å². The molecule has 0 spiro atoms. The third-order valence-corrected chi connectivity index (χ3v) is 8.12. The molecule has 0 saturated carbocycles. The van der Waals surface area contributed by atoms with Gasteiger partial charge in [0.05, 0.1) is 0 Å². The van der Waals surface area contributed by atoms with Crippen LogP contribution in [0.3, 0.4) is 0 Å². The number of carbonyl (C=O) groups excluding carboxylic acids is 4. The molecule has 0 aromatic heterocycles. The van der Waals surface area contributed by atoms with Gasteiger partial charge in [-0.3, -0.25) is 0 Å². The van der Waals surface area contributed by atoms with Gasteiger partial charge in [-0.05, 0) is 0 Å². The predicted octanol–water partition coefficient (Wildman–Crippen LogP) is -1.76. The molecule has 0 aliphatic carbocycles. The van der Waals surface area contributed by atoms with Gasteiger partial charge in [0, 0.05) is 0 Å². The first-order valence-electron chi connectivity index (χ1n) is 6.27. The summed E-state index contributed by atoms with van der Waals surface area (Å²) in [6.07, 6.45) is 0. The topological polar surface area (TPSA) is 105 Å². The van der Waals surface area contributed by atoms with Gasteiger partial charge in [-0.15, -0.1) is 0 Å². The van der Waals surface area contributed by atoms with Crippen molar-refractivity contribution < 1.29 is 52.8 Å². The maximum absolute atomic E-state index is 11.9. The third-order valence-electron chi connectivity index (χ3n) is 2.16. The van der Waals surface area contributed by atoms with Gasteiger partial charge >= 0.3 is 138 Å². The Balaban J connectivity index is 3.60. The SMILES string of the molecule is COC(=O)c1ccccc1[I-](OC(C)=O)(OC(C)=O)OC(C)=O. The molecule has 0 N–H and O–H groups in total. The van der Waals surface area contributed by atoms with E-state index < -0.39 is 43.6 Å². The van der Waals surface area contributed by atoms with E-state index in [9.17, 15) is 19.2 Å². The number of methoxy groups -OCH3 is 1. The Labute approximate surface area is 138 Å². The minimum atomic E-state index is -4.87. The summed E-state index contributed by atoms with van der Waals surface area (Å²) in [5.41, 5.74) is -0.0184. The van der Waals surface area contributed by atoms with Crippen LogP contribution in [-0.4, -0.2) is 31.0 Å². The standard InChI is InChI=1S/C14H16IO8/c1-9(16)21-15(22-10(2)17,23-11(3)18)13-8-6-5-7-12(13)14(19)20-4/h5-8H,1-4H3/q-1. The van der Waals surface area contributed by atoms with Gasteiger partial charge in [0.15, 0.2) is 0 Å². The normalized spacial score (nSPS) is 11.1. The first-order valence-corrected chi connectivity index (χ1v) is 9.99. The second-order valence-electron chi connectivity index (χ2n) is 4.10. The van der Waals surface area contributed by atoms with Crippen LogP contribution in [0.2, 0.25) is 0 Å². The van der Waals surface area contributed by atoms with E-state index in [1.807, 2.05) is 0 Å². The Morgan fingerprint density at radius 2 is 1.26 bits per heavy atom. The number of hydrogen-bond acceptors (Lipinski definition) is 8. The van der Waals surface area contributed by atoms with E-state index in [1.165, 1.54) is 24.3 Å². The van der Waals surface area contributed by atoms with Crippen LogP contribution < -0.4 is 19.7 Å². The van der Waals surface area contributed by atoms with Crippen LogP contribution >= 0.6 is 0 Å². The number of hydrogen-bond donors (Lipinski definition) is 0. The fraction of sp³-hybridized carbons (Fsp3) is 0.286. The summed E-state index contributed by atoms with van der Waals surface area (Å²) in [6, 6.07) is 5.83. The van der Waals surface area contributed by atoms with Gasteiger partial charge in [0.25, 0.3) is 0 Å². The molecule has 0 aliphatic rings. The zero-order valence-electron chi connectivity index (χ0n) is 13.0. The molecule has 8 nitrogen and oxygen atoms in total. The van der Waals surface area contributed by atoms with Gasteiger partial charge in [-0.2, -0.15) is 0 Å². The van der Waals surface area contributed by atoms with Crippen LogP contribution in [0.1, 0.15) is 31.1 Å². The molecule has 0 atom stereocenters. The van der Waals surface area contributed by atoms with E-state index in [0.717, 1.165) is 27.9 Å². The van der Waals surface area contributed by atoms with Crippen molar-refractivity contribution in [2.45, 2.75) is 20.8 Å². The summed E-state index contributed by atoms with van der Waals surface area (Å²) in [5, 5.41) is 0. The molecule has 0 heterocycles. The number of ether oxygens (including phenoxy) is 1. The number of carbonyl (C=O) groups is 4. The molecule has 23 heavy (non-hydrogen) atoms. The Morgan fingerprint density at radius 3 is 1.65 bits per heavy atom. The van der Waals surface area contributed by atoms with Crippen LogP contribution in [-0.2, 0) is 28.3 Å². The van der Waals surface area contributed by atoms with E-state index in [2.05, 4.69) is 4.74 Å². The van der Waals surface area contributed by atoms with Crippen LogP contribution in [0.4, 0.5) is 0 Å². The zero-order chi connectivity index (χ0) is 17.6. The molecule has 0 fully saturated rings. The fourth-order valence-electron chi connectivity index (χ4n) is 1.54. The average Bonchev–Trinajstić information content (AvgIpc) is 2.44. The number of esters is 1. The molecule has 0 amide bonds. The summed E-state index contributed by atoms with van der Waals surface area (Å²) >= 11 is -4.87.